The Balaban J connectivity index is 1.95. The maximum atomic E-state index is 5.65. The third-order valence-electron chi connectivity index (χ3n) is 3.16. The summed E-state index contributed by atoms with van der Waals surface area (Å²) in [7, 11) is 0. The van der Waals surface area contributed by atoms with Crippen molar-refractivity contribution in [1.82, 2.24) is 9.38 Å². The number of nitrogens with two attached hydrogens (primary N) is 1. The number of fused-ring (bicyclic) bond motifs is 1. The monoisotopic (exact) mass is 232 g/mol. The number of pyridine rings is 1. The van der Waals surface area contributed by atoms with Gasteiger partial charge in [0, 0.05) is 37.6 Å². The highest BCUT2D eigenvalue weighted by Gasteiger charge is 2.12. The van der Waals surface area contributed by atoms with Crippen LogP contribution in [-0.4, -0.2) is 35.7 Å². The van der Waals surface area contributed by atoms with Gasteiger partial charge in [0.15, 0.2) is 0 Å². The molecule has 5 nitrogen and oxygen atoms in total. The van der Waals surface area contributed by atoms with Gasteiger partial charge in [0.05, 0.1) is 25.1 Å². The topological polar surface area (TPSA) is 55.8 Å². The van der Waals surface area contributed by atoms with Crippen molar-refractivity contribution in [2.75, 3.05) is 31.2 Å². The van der Waals surface area contributed by atoms with Crippen molar-refractivity contribution in [1.29, 1.82) is 0 Å². The fraction of sp³-hybridized carbons (Fsp3) is 0.417. The van der Waals surface area contributed by atoms with Crippen LogP contribution in [0.15, 0.2) is 24.5 Å². The van der Waals surface area contributed by atoms with E-state index < -0.39 is 0 Å². The van der Waals surface area contributed by atoms with Crippen LogP contribution < -0.4 is 10.6 Å². The lowest BCUT2D eigenvalue weighted by Crippen LogP contribution is -2.36. The highest BCUT2D eigenvalue weighted by Crippen LogP contribution is 2.18. The molecule has 1 aliphatic heterocycles. The van der Waals surface area contributed by atoms with Crippen molar-refractivity contribution >= 4 is 11.3 Å². The molecule has 0 amide bonds. The van der Waals surface area contributed by atoms with Crippen LogP contribution in [0.4, 0.5) is 5.69 Å². The van der Waals surface area contributed by atoms with Crippen LogP contribution in [-0.2, 0) is 11.3 Å². The fourth-order valence-electron chi connectivity index (χ4n) is 2.19. The Bertz CT molecular complexity index is 516. The van der Waals surface area contributed by atoms with Crippen molar-refractivity contribution in [3.8, 4) is 0 Å². The van der Waals surface area contributed by atoms with E-state index in [0.717, 1.165) is 37.6 Å². The third kappa shape index (κ3) is 1.87. The molecule has 2 aromatic heterocycles. The molecule has 0 bridgehead atoms. The molecule has 3 rings (SSSR count). The van der Waals surface area contributed by atoms with E-state index in [1.165, 1.54) is 5.69 Å². The summed E-state index contributed by atoms with van der Waals surface area (Å²) in [4.78, 5) is 6.69. The van der Waals surface area contributed by atoms with Crippen LogP contribution in [0.1, 0.15) is 5.69 Å². The minimum Gasteiger partial charge on any atom is -0.378 e. The molecule has 0 spiro atoms. The van der Waals surface area contributed by atoms with E-state index in [1.54, 1.807) is 0 Å². The first kappa shape index (κ1) is 10.6. The lowest BCUT2D eigenvalue weighted by atomic mass is 10.3. The van der Waals surface area contributed by atoms with Gasteiger partial charge in [-0.3, -0.25) is 0 Å². The van der Waals surface area contributed by atoms with Gasteiger partial charge in [0.1, 0.15) is 5.65 Å². The summed E-state index contributed by atoms with van der Waals surface area (Å²) in [5, 5.41) is 0. The molecule has 1 saturated heterocycles. The molecule has 0 radical (unpaired) electrons. The molecular formula is C12H16N4O. The molecule has 1 aliphatic rings. The quantitative estimate of drug-likeness (QED) is 0.825. The Morgan fingerprint density at radius 2 is 2.18 bits per heavy atom. The van der Waals surface area contributed by atoms with Gasteiger partial charge in [0.2, 0.25) is 0 Å². The molecule has 1 fully saturated rings. The smallest absolute Gasteiger partial charge is 0.138 e. The van der Waals surface area contributed by atoms with Crippen LogP contribution in [0, 0.1) is 0 Å². The number of nitrogens with zero attached hydrogens (tertiary/aromatic N) is 3. The normalized spacial score (nSPS) is 16.6. The Labute approximate surface area is 99.8 Å². The van der Waals surface area contributed by atoms with E-state index >= 15 is 0 Å². The average molecular weight is 232 g/mol. The second-order valence-corrected chi connectivity index (χ2v) is 4.17. The number of aromatic nitrogens is 2. The number of imidazole rings is 1. The van der Waals surface area contributed by atoms with Crippen LogP contribution in [0.25, 0.3) is 5.65 Å². The first-order valence-corrected chi connectivity index (χ1v) is 5.87. The van der Waals surface area contributed by atoms with E-state index in [-0.39, 0.29) is 0 Å². The van der Waals surface area contributed by atoms with E-state index in [9.17, 15) is 0 Å². The lowest BCUT2D eigenvalue weighted by molar-refractivity contribution is 0.122. The zero-order chi connectivity index (χ0) is 11.7. The second-order valence-electron chi connectivity index (χ2n) is 4.17. The van der Waals surface area contributed by atoms with Gasteiger partial charge in [-0.05, 0) is 6.07 Å². The molecule has 5 heteroatoms. The van der Waals surface area contributed by atoms with Crippen molar-refractivity contribution < 1.29 is 4.74 Å². The molecule has 0 aromatic carbocycles. The predicted octanol–water partition coefficient (Wildman–Crippen LogP) is 0.630. The first-order chi connectivity index (χ1) is 8.38. The Hall–Kier alpha value is -1.59. The van der Waals surface area contributed by atoms with Gasteiger partial charge >= 0.3 is 0 Å². The molecule has 0 saturated carbocycles. The van der Waals surface area contributed by atoms with Gasteiger partial charge in [0.25, 0.3) is 0 Å². The Morgan fingerprint density at radius 1 is 1.35 bits per heavy atom. The van der Waals surface area contributed by atoms with Gasteiger partial charge in [-0.2, -0.15) is 0 Å². The molecule has 3 heterocycles. The number of rotatable bonds is 2. The van der Waals surface area contributed by atoms with Crippen molar-refractivity contribution in [3.63, 3.8) is 0 Å². The van der Waals surface area contributed by atoms with Crippen LogP contribution in [0.2, 0.25) is 0 Å². The SMILES string of the molecule is NCc1cnc2cc(N3CCOCC3)ccn12. The summed E-state index contributed by atoms with van der Waals surface area (Å²) in [5.41, 5.74) is 8.85. The highest BCUT2D eigenvalue weighted by atomic mass is 16.5. The summed E-state index contributed by atoms with van der Waals surface area (Å²) in [6, 6.07) is 4.21. The molecule has 0 atom stereocenters. The van der Waals surface area contributed by atoms with Crippen LogP contribution in [0.5, 0.6) is 0 Å². The Morgan fingerprint density at radius 3 is 2.94 bits per heavy atom. The van der Waals surface area contributed by atoms with Crippen molar-refractivity contribution in [3.05, 3.63) is 30.2 Å². The number of anilines is 1. The van der Waals surface area contributed by atoms with Crippen molar-refractivity contribution in [2.45, 2.75) is 6.54 Å². The van der Waals surface area contributed by atoms with E-state index in [2.05, 4.69) is 22.0 Å². The number of ether oxygens (including phenoxy) is 1. The maximum absolute atomic E-state index is 5.65. The van der Waals surface area contributed by atoms with E-state index in [0.29, 0.717) is 6.54 Å². The largest absolute Gasteiger partial charge is 0.378 e. The van der Waals surface area contributed by atoms with Gasteiger partial charge in [-0.1, -0.05) is 0 Å². The summed E-state index contributed by atoms with van der Waals surface area (Å²) in [6.45, 7) is 4.00. The second kappa shape index (κ2) is 4.35. The van der Waals surface area contributed by atoms with Crippen LogP contribution in [0.3, 0.4) is 0 Å². The molecular weight excluding hydrogens is 216 g/mol. The maximum Gasteiger partial charge on any atom is 0.138 e. The number of hydrogen-bond acceptors (Lipinski definition) is 4. The van der Waals surface area contributed by atoms with Gasteiger partial charge in [-0.25, -0.2) is 4.98 Å². The highest BCUT2D eigenvalue weighted by molar-refractivity contribution is 5.57. The summed E-state index contributed by atoms with van der Waals surface area (Å²) >= 11 is 0. The van der Waals surface area contributed by atoms with E-state index in [1.807, 2.05) is 16.8 Å². The number of hydrogen-bond donors (Lipinski definition) is 1. The molecule has 90 valence electrons. The summed E-state index contributed by atoms with van der Waals surface area (Å²) in [5.74, 6) is 0. The minimum absolute atomic E-state index is 0.512. The number of morpholine rings is 1. The van der Waals surface area contributed by atoms with Crippen molar-refractivity contribution in [2.24, 2.45) is 5.73 Å². The Kier molecular flexibility index (Phi) is 2.70. The fourth-order valence-corrected chi connectivity index (χ4v) is 2.19. The molecule has 0 unspecified atom stereocenters. The minimum atomic E-state index is 0.512. The summed E-state index contributed by atoms with van der Waals surface area (Å²) < 4.78 is 7.38. The molecule has 17 heavy (non-hydrogen) atoms. The third-order valence-corrected chi connectivity index (χ3v) is 3.16. The average Bonchev–Trinajstić information content (AvgIpc) is 2.81. The lowest BCUT2D eigenvalue weighted by Gasteiger charge is -2.28. The predicted molar refractivity (Wildman–Crippen MR) is 66.1 cm³/mol. The zero-order valence-electron chi connectivity index (χ0n) is 9.67. The summed E-state index contributed by atoms with van der Waals surface area (Å²) in [6.07, 6.45) is 3.87. The first-order valence-electron chi connectivity index (χ1n) is 5.87. The van der Waals surface area contributed by atoms with E-state index in [4.69, 9.17) is 10.5 Å². The van der Waals surface area contributed by atoms with Gasteiger partial charge < -0.3 is 19.8 Å². The van der Waals surface area contributed by atoms with Crippen LogP contribution >= 0.6 is 0 Å². The van der Waals surface area contributed by atoms with Gasteiger partial charge in [-0.15, -0.1) is 0 Å². The zero-order valence-corrected chi connectivity index (χ0v) is 9.67. The molecule has 2 N–H and O–H groups in total. The molecule has 0 aliphatic carbocycles. The molecule has 2 aromatic rings. The standard InChI is InChI=1S/C12H16N4O/c13-8-11-9-14-12-7-10(1-2-16(11)12)15-3-5-17-6-4-15/h1-2,7,9H,3-6,8,13H2.